The highest BCUT2D eigenvalue weighted by molar-refractivity contribution is 5.83. The van der Waals surface area contributed by atoms with Crippen LogP contribution in [0.2, 0.25) is 0 Å². The Balaban J connectivity index is 2.73. The van der Waals surface area contributed by atoms with E-state index in [1.54, 1.807) is 6.92 Å². The molecule has 0 radical (unpaired) electrons. The number of carbonyl (C=O) groups excluding carboxylic acids is 1. The Kier molecular flexibility index (Phi) is 4.55. The lowest BCUT2D eigenvalue weighted by Gasteiger charge is -2.39. The SMILES string of the molecule is CCC1(C(=O)NC(C)(C)C(C)O)CCNCC1. The molecule has 1 heterocycles. The van der Waals surface area contributed by atoms with Crippen LogP contribution in [0.3, 0.4) is 0 Å². The van der Waals surface area contributed by atoms with Crippen molar-refractivity contribution >= 4 is 5.91 Å². The van der Waals surface area contributed by atoms with Crippen LogP contribution in [0.15, 0.2) is 0 Å². The quantitative estimate of drug-likeness (QED) is 0.690. The van der Waals surface area contributed by atoms with Crippen molar-refractivity contribution in [3.8, 4) is 0 Å². The van der Waals surface area contributed by atoms with Crippen molar-refractivity contribution in [2.75, 3.05) is 13.1 Å². The second-order valence-corrected chi connectivity index (χ2v) is 5.74. The highest BCUT2D eigenvalue weighted by atomic mass is 16.3. The average Bonchev–Trinajstić information content (AvgIpc) is 2.29. The van der Waals surface area contributed by atoms with Crippen molar-refractivity contribution in [3.63, 3.8) is 0 Å². The summed E-state index contributed by atoms with van der Waals surface area (Å²) in [7, 11) is 0. The standard InChI is InChI=1S/C13H26N2O2/c1-5-13(6-8-14-9-7-13)11(17)15-12(3,4)10(2)16/h10,14,16H,5-9H2,1-4H3,(H,15,17). The molecule has 1 aliphatic heterocycles. The summed E-state index contributed by atoms with van der Waals surface area (Å²) in [6.07, 6.45) is 2.06. The predicted molar refractivity (Wildman–Crippen MR) is 68.7 cm³/mol. The number of rotatable bonds is 4. The monoisotopic (exact) mass is 242 g/mol. The van der Waals surface area contributed by atoms with Crippen molar-refractivity contribution in [2.24, 2.45) is 5.41 Å². The van der Waals surface area contributed by atoms with Gasteiger partial charge in [-0.25, -0.2) is 0 Å². The molecule has 0 aliphatic carbocycles. The van der Waals surface area contributed by atoms with Crippen molar-refractivity contribution in [3.05, 3.63) is 0 Å². The molecule has 1 aliphatic rings. The van der Waals surface area contributed by atoms with E-state index < -0.39 is 11.6 Å². The fraction of sp³-hybridized carbons (Fsp3) is 0.923. The first-order valence-electron chi connectivity index (χ1n) is 6.55. The lowest BCUT2D eigenvalue weighted by Crippen LogP contribution is -2.57. The molecule has 0 spiro atoms. The summed E-state index contributed by atoms with van der Waals surface area (Å²) in [5.41, 5.74) is -0.818. The molecule has 4 heteroatoms. The van der Waals surface area contributed by atoms with Gasteiger partial charge < -0.3 is 15.7 Å². The largest absolute Gasteiger partial charge is 0.391 e. The third-order valence-corrected chi connectivity index (χ3v) is 4.20. The molecular weight excluding hydrogens is 216 g/mol. The number of hydrogen-bond acceptors (Lipinski definition) is 3. The Bertz CT molecular complexity index is 269. The second kappa shape index (κ2) is 5.36. The summed E-state index contributed by atoms with van der Waals surface area (Å²) < 4.78 is 0. The van der Waals surface area contributed by atoms with Gasteiger partial charge in [0.15, 0.2) is 0 Å². The van der Waals surface area contributed by atoms with Gasteiger partial charge in [-0.2, -0.15) is 0 Å². The maximum Gasteiger partial charge on any atom is 0.226 e. The van der Waals surface area contributed by atoms with Gasteiger partial charge in [0.25, 0.3) is 0 Å². The molecule has 0 saturated carbocycles. The van der Waals surface area contributed by atoms with Crippen molar-refractivity contribution in [1.29, 1.82) is 0 Å². The van der Waals surface area contributed by atoms with E-state index in [0.29, 0.717) is 0 Å². The fourth-order valence-corrected chi connectivity index (χ4v) is 2.18. The molecule has 1 amide bonds. The van der Waals surface area contributed by atoms with Gasteiger partial charge in [-0.3, -0.25) is 4.79 Å². The van der Waals surface area contributed by atoms with E-state index in [9.17, 15) is 9.90 Å². The molecule has 0 aromatic carbocycles. The fourth-order valence-electron chi connectivity index (χ4n) is 2.18. The first-order chi connectivity index (χ1) is 7.84. The third kappa shape index (κ3) is 3.19. The number of carbonyl (C=O) groups is 1. The van der Waals surface area contributed by atoms with Crippen LogP contribution >= 0.6 is 0 Å². The summed E-state index contributed by atoms with van der Waals surface area (Å²) in [6, 6.07) is 0. The van der Waals surface area contributed by atoms with E-state index in [1.165, 1.54) is 0 Å². The summed E-state index contributed by atoms with van der Waals surface area (Å²) in [4.78, 5) is 12.4. The molecule has 1 unspecified atom stereocenters. The molecule has 1 fully saturated rings. The third-order valence-electron chi connectivity index (χ3n) is 4.20. The predicted octanol–water partition coefficient (Wildman–Crippen LogP) is 1.04. The maximum absolute atomic E-state index is 12.4. The minimum absolute atomic E-state index is 0.0902. The first-order valence-corrected chi connectivity index (χ1v) is 6.55. The van der Waals surface area contributed by atoms with Gasteiger partial charge in [0.1, 0.15) is 0 Å². The molecule has 1 atom stereocenters. The van der Waals surface area contributed by atoms with E-state index in [-0.39, 0.29) is 11.3 Å². The zero-order valence-electron chi connectivity index (χ0n) is 11.5. The van der Waals surface area contributed by atoms with Crippen LogP contribution in [0.5, 0.6) is 0 Å². The maximum atomic E-state index is 12.4. The number of hydrogen-bond donors (Lipinski definition) is 3. The van der Waals surface area contributed by atoms with Crippen molar-refractivity contribution < 1.29 is 9.90 Å². The molecular formula is C13H26N2O2. The number of amides is 1. The van der Waals surface area contributed by atoms with Crippen LogP contribution in [0, 0.1) is 5.41 Å². The minimum Gasteiger partial charge on any atom is -0.391 e. The molecule has 3 N–H and O–H groups in total. The summed E-state index contributed by atoms with van der Waals surface area (Å²) >= 11 is 0. The number of aliphatic hydroxyl groups is 1. The topological polar surface area (TPSA) is 61.4 Å². The van der Waals surface area contributed by atoms with Gasteiger partial charge in [-0.15, -0.1) is 0 Å². The molecule has 1 saturated heterocycles. The van der Waals surface area contributed by atoms with Crippen molar-refractivity contribution in [1.82, 2.24) is 10.6 Å². The minimum atomic E-state index is -0.565. The normalized spacial score (nSPS) is 21.9. The van der Waals surface area contributed by atoms with E-state index in [1.807, 2.05) is 13.8 Å². The second-order valence-electron chi connectivity index (χ2n) is 5.74. The van der Waals surface area contributed by atoms with Crippen LogP contribution in [0.25, 0.3) is 0 Å². The summed E-state index contributed by atoms with van der Waals surface area (Å²) in [5.74, 6) is 0.0902. The highest BCUT2D eigenvalue weighted by Crippen LogP contribution is 2.33. The van der Waals surface area contributed by atoms with Gasteiger partial charge in [-0.05, 0) is 53.1 Å². The highest BCUT2D eigenvalue weighted by Gasteiger charge is 2.40. The number of aliphatic hydroxyl groups excluding tert-OH is 1. The lowest BCUT2D eigenvalue weighted by atomic mass is 9.75. The zero-order valence-corrected chi connectivity index (χ0v) is 11.5. The lowest BCUT2D eigenvalue weighted by molar-refractivity contribution is -0.136. The van der Waals surface area contributed by atoms with E-state index in [0.717, 1.165) is 32.4 Å². The molecule has 0 bridgehead atoms. The van der Waals surface area contributed by atoms with Gasteiger partial charge in [0.05, 0.1) is 17.1 Å². The van der Waals surface area contributed by atoms with Crippen LogP contribution in [-0.2, 0) is 4.79 Å². The van der Waals surface area contributed by atoms with Crippen LogP contribution in [0.4, 0.5) is 0 Å². The van der Waals surface area contributed by atoms with Gasteiger partial charge in [0, 0.05) is 0 Å². The number of nitrogens with one attached hydrogen (secondary N) is 2. The Hall–Kier alpha value is -0.610. The Labute approximate surface area is 104 Å². The summed E-state index contributed by atoms with van der Waals surface area (Å²) in [5, 5.41) is 15.9. The van der Waals surface area contributed by atoms with Crippen LogP contribution in [0.1, 0.15) is 47.0 Å². The van der Waals surface area contributed by atoms with Gasteiger partial charge in [0.2, 0.25) is 5.91 Å². The van der Waals surface area contributed by atoms with E-state index in [4.69, 9.17) is 0 Å². The van der Waals surface area contributed by atoms with Crippen LogP contribution in [-0.4, -0.2) is 35.7 Å². The molecule has 1 rings (SSSR count). The first kappa shape index (κ1) is 14.5. The Morgan fingerprint density at radius 1 is 1.47 bits per heavy atom. The van der Waals surface area contributed by atoms with Gasteiger partial charge >= 0.3 is 0 Å². The van der Waals surface area contributed by atoms with Gasteiger partial charge in [-0.1, -0.05) is 6.92 Å². The average molecular weight is 242 g/mol. The van der Waals surface area contributed by atoms with Crippen molar-refractivity contribution in [2.45, 2.75) is 58.6 Å². The smallest absolute Gasteiger partial charge is 0.226 e. The summed E-state index contributed by atoms with van der Waals surface area (Å²) in [6.45, 7) is 9.30. The zero-order chi connectivity index (χ0) is 13.1. The Morgan fingerprint density at radius 3 is 2.41 bits per heavy atom. The van der Waals surface area contributed by atoms with Crippen LogP contribution < -0.4 is 10.6 Å². The van der Waals surface area contributed by atoms with E-state index >= 15 is 0 Å². The molecule has 4 nitrogen and oxygen atoms in total. The number of piperidine rings is 1. The van der Waals surface area contributed by atoms with E-state index in [2.05, 4.69) is 17.6 Å². The Morgan fingerprint density at radius 2 is 2.00 bits per heavy atom. The molecule has 17 heavy (non-hydrogen) atoms. The molecule has 100 valence electrons. The molecule has 0 aromatic rings. The molecule has 0 aromatic heterocycles.